The van der Waals surface area contributed by atoms with Gasteiger partial charge in [0.2, 0.25) is 0 Å². The van der Waals surface area contributed by atoms with Crippen LogP contribution in [0.4, 0.5) is 0 Å². The standard InChI is InChI=1S/C81H77N7O2.Pt/c1-48(2)63-41-58(53-26-19-16-20-27-53)42-64(49(3)4)73(63)87-70-31-22-21-30-68(70)82-76(87)57-28-23-29-60(40-57)90-61-46-67(62-38-39-89-72(62)47-61)77-83-69-45-56(75-84-78(80(9,10)11)86-79(85-75)81(12,13)14)36-37-71(69)88(77)74-65(50(5)6)43-59(44-66(74)51(7)8)55-34-32-54(33-35-55)52-24-17-15-18-25-52;/h15-39,41-45,47-51H,1-14H3;/q-2;+2. The average molecular weight is 1380 g/mol. The molecular weight excluding hydrogens is 1300 g/mol. The Labute approximate surface area is 550 Å². The molecule has 0 bridgehead atoms. The van der Waals surface area contributed by atoms with Crippen molar-refractivity contribution in [2.75, 3.05) is 0 Å². The molecule has 10 heteroatoms. The van der Waals surface area contributed by atoms with Crippen molar-refractivity contribution in [1.29, 1.82) is 0 Å². The largest absolute Gasteiger partial charge is 2.00 e. The quantitative estimate of drug-likeness (QED) is 0.100. The number of ether oxygens (including phenoxy) is 1. The second kappa shape index (κ2) is 24.6. The fraction of sp³-hybridized carbons (Fsp3) is 0.247. The van der Waals surface area contributed by atoms with Gasteiger partial charge in [0.05, 0.1) is 45.6 Å². The number of nitrogens with zero attached hydrogens (tertiary/aromatic N) is 7. The van der Waals surface area contributed by atoms with Crippen LogP contribution in [0.3, 0.4) is 0 Å². The minimum absolute atomic E-state index is 0. The zero-order valence-electron chi connectivity index (χ0n) is 54.5. The van der Waals surface area contributed by atoms with E-state index in [1.165, 1.54) is 44.5 Å². The summed E-state index contributed by atoms with van der Waals surface area (Å²) in [5.74, 6) is 5.17. The molecule has 13 aromatic rings. The minimum atomic E-state index is -0.313. The van der Waals surface area contributed by atoms with Gasteiger partial charge < -0.3 is 18.3 Å². The topological polar surface area (TPSA) is 96.7 Å². The van der Waals surface area contributed by atoms with Gasteiger partial charge in [0.25, 0.3) is 0 Å². The molecule has 0 aliphatic rings. The van der Waals surface area contributed by atoms with Gasteiger partial charge in [0.1, 0.15) is 11.6 Å². The Morgan fingerprint density at radius 2 is 0.879 bits per heavy atom. The molecule has 0 aliphatic carbocycles. The van der Waals surface area contributed by atoms with Crippen molar-refractivity contribution in [2.45, 2.75) is 131 Å². The molecule has 9 aromatic carbocycles. The van der Waals surface area contributed by atoms with E-state index in [4.69, 9.17) is 34.1 Å². The summed E-state index contributed by atoms with van der Waals surface area (Å²) >= 11 is 0. The van der Waals surface area contributed by atoms with Gasteiger partial charge in [-0.05, 0) is 134 Å². The van der Waals surface area contributed by atoms with Crippen molar-refractivity contribution >= 4 is 33.0 Å². The Morgan fingerprint density at radius 3 is 1.43 bits per heavy atom. The first-order chi connectivity index (χ1) is 43.2. The molecule has 0 saturated heterocycles. The fourth-order valence-corrected chi connectivity index (χ4v) is 12.3. The summed E-state index contributed by atoms with van der Waals surface area (Å²) < 4.78 is 18.1. The molecule has 0 aliphatic heterocycles. The van der Waals surface area contributed by atoms with Crippen molar-refractivity contribution in [1.82, 2.24) is 34.1 Å². The number of imidazole rings is 2. The zero-order chi connectivity index (χ0) is 62.9. The molecule has 0 spiro atoms. The van der Waals surface area contributed by atoms with Crippen LogP contribution in [-0.2, 0) is 31.9 Å². The van der Waals surface area contributed by atoms with E-state index < -0.39 is 0 Å². The smallest absolute Gasteiger partial charge is 0.496 e. The van der Waals surface area contributed by atoms with Crippen LogP contribution in [0, 0.1) is 12.1 Å². The van der Waals surface area contributed by atoms with E-state index >= 15 is 0 Å². The van der Waals surface area contributed by atoms with Gasteiger partial charge in [0, 0.05) is 39.3 Å². The van der Waals surface area contributed by atoms with E-state index in [0.717, 1.165) is 84.1 Å². The second-order valence-corrected chi connectivity index (χ2v) is 27.2. The minimum Gasteiger partial charge on any atom is -0.496 e. The van der Waals surface area contributed by atoms with Crippen LogP contribution in [-0.4, -0.2) is 34.1 Å². The van der Waals surface area contributed by atoms with E-state index in [0.29, 0.717) is 28.7 Å². The summed E-state index contributed by atoms with van der Waals surface area (Å²) in [7, 11) is 0. The molecule has 0 radical (unpaired) electrons. The summed E-state index contributed by atoms with van der Waals surface area (Å²) in [5.41, 5.74) is 20.2. The van der Waals surface area contributed by atoms with Crippen LogP contribution < -0.4 is 4.74 Å². The SMILES string of the molecule is CC(C)c1cc(-c2ccccc2)cc(C(C)C)c1-n1c(-c2[c-]c(Oc3[c-]c(-c4nc5cc(-c6nc(C(C)(C)C)nc(C(C)(C)C)n6)ccc5n4-c4c(C(C)C)cc(-c5ccc(-c6ccccc6)cc5)cc4C(C)C)c4ccoc4c3)ccc2)nc2ccccc21.[Pt+2]. The van der Waals surface area contributed by atoms with Gasteiger partial charge in [0.15, 0.2) is 5.82 Å². The molecule has 0 unspecified atom stereocenters. The van der Waals surface area contributed by atoms with Crippen molar-refractivity contribution < 1.29 is 30.2 Å². The van der Waals surface area contributed by atoms with Crippen LogP contribution in [0.25, 0.3) is 112 Å². The molecule has 458 valence electrons. The molecule has 4 aromatic heterocycles. The van der Waals surface area contributed by atoms with Gasteiger partial charge in [-0.15, -0.1) is 23.8 Å². The van der Waals surface area contributed by atoms with Crippen molar-refractivity contribution in [2.24, 2.45) is 0 Å². The zero-order valence-corrected chi connectivity index (χ0v) is 56.7. The Bertz CT molecular complexity index is 4730. The number of hydrogen-bond donors (Lipinski definition) is 0. The maximum absolute atomic E-state index is 7.02. The third kappa shape index (κ3) is 12.0. The molecule has 91 heavy (non-hydrogen) atoms. The van der Waals surface area contributed by atoms with Gasteiger partial charge in [-0.3, -0.25) is 9.97 Å². The van der Waals surface area contributed by atoms with Crippen molar-refractivity contribution in [3.8, 4) is 90.4 Å². The van der Waals surface area contributed by atoms with E-state index in [-0.39, 0.29) is 55.6 Å². The Morgan fingerprint density at radius 1 is 0.407 bits per heavy atom. The number of rotatable bonds is 14. The van der Waals surface area contributed by atoms with Crippen LogP contribution in [0.2, 0.25) is 0 Å². The summed E-state index contributed by atoms with van der Waals surface area (Å²) in [4.78, 5) is 26.4. The molecule has 13 rings (SSSR count). The Balaban J connectivity index is 0.00000800. The van der Waals surface area contributed by atoms with Gasteiger partial charge >= 0.3 is 21.1 Å². The van der Waals surface area contributed by atoms with E-state index in [2.05, 4.69) is 276 Å². The number of para-hydroxylation sites is 2. The van der Waals surface area contributed by atoms with Crippen LogP contribution in [0.1, 0.15) is 155 Å². The Hall–Kier alpha value is -9.04. The molecule has 4 heterocycles. The van der Waals surface area contributed by atoms with Crippen LogP contribution >= 0.6 is 0 Å². The van der Waals surface area contributed by atoms with Gasteiger partial charge in [-0.25, -0.2) is 15.0 Å². The second-order valence-electron chi connectivity index (χ2n) is 27.2. The fourth-order valence-electron chi connectivity index (χ4n) is 12.3. The monoisotopic (exact) mass is 1370 g/mol. The summed E-state index contributed by atoms with van der Waals surface area (Å²) in [6.07, 6.45) is 1.73. The Kier molecular flexibility index (Phi) is 16.8. The molecule has 0 fully saturated rings. The molecular formula is C81H77N7O2Pt. The normalized spacial score (nSPS) is 12.2. The predicted octanol–water partition coefficient (Wildman–Crippen LogP) is 21.8. The number of furan rings is 1. The first kappa shape index (κ1) is 62.2. The van der Waals surface area contributed by atoms with Crippen LogP contribution in [0.15, 0.2) is 193 Å². The van der Waals surface area contributed by atoms with Gasteiger partial charge in [-0.1, -0.05) is 229 Å². The average Bonchev–Trinajstić information content (AvgIpc) is 1.66. The maximum atomic E-state index is 7.02. The molecule has 0 atom stereocenters. The first-order valence-corrected chi connectivity index (χ1v) is 31.7. The molecule has 0 amide bonds. The number of fused-ring (bicyclic) bond motifs is 3. The molecule has 9 nitrogen and oxygen atoms in total. The van der Waals surface area contributed by atoms with E-state index in [9.17, 15) is 0 Å². The third-order valence-electron chi connectivity index (χ3n) is 17.1. The maximum Gasteiger partial charge on any atom is 2.00 e. The van der Waals surface area contributed by atoms with E-state index in [1.54, 1.807) is 6.26 Å². The van der Waals surface area contributed by atoms with Crippen LogP contribution in [0.5, 0.6) is 11.5 Å². The predicted molar refractivity (Wildman–Crippen MR) is 369 cm³/mol. The summed E-state index contributed by atoms with van der Waals surface area (Å²) in [6, 6.07) is 71.9. The number of hydrogen-bond acceptors (Lipinski definition) is 7. The summed E-state index contributed by atoms with van der Waals surface area (Å²) in [5, 5.41) is 0.847. The van der Waals surface area contributed by atoms with Gasteiger partial charge in [-0.2, -0.15) is 0 Å². The number of aromatic nitrogens is 7. The summed E-state index contributed by atoms with van der Waals surface area (Å²) in [6.45, 7) is 31.1. The van der Waals surface area contributed by atoms with Crippen molar-refractivity contribution in [3.05, 3.63) is 234 Å². The van der Waals surface area contributed by atoms with Crippen molar-refractivity contribution in [3.63, 3.8) is 0 Å². The first-order valence-electron chi connectivity index (χ1n) is 31.7. The third-order valence-corrected chi connectivity index (χ3v) is 17.1. The molecule has 0 saturated carbocycles. The number of benzene rings is 9. The molecule has 0 N–H and O–H groups in total. The van der Waals surface area contributed by atoms with E-state index in [1.807, 2.05) is 24.3 Å².